The summed E-state index contributed by atoms with van der Waals surface area (Å²) in [4.78, 5) is 21.6. The molecule has 6 heteroatoms. The van der Waals surface area contributed by atoms with Crippen molar-refractivity contribution in [3.63, 3.8) is 0 Å². The van der Waals surface area contributed by atoms with Crippen molar-refractivity contribution >= 4 is 5.97 Å². The van der Waals surface area contributed by atoms with Gasteiger partial charge in [-0.15, -0.1) is 0 Å². The van der Waals surface area contributed by atoms with E-state index >= 15 is 0 Å². The minimum Gasteiger partial charge on any atom is -0.481 e. The largest absolute Gasteiger partial charge is 0.481 e. The summed E-state index contributed by atoms with van der Waals surface area (Å²) in [7, 11) is 0. The van der Waals surface area contributed by atoms with E-state index in [9.17, 15) is 4.79 Å². The van der Waals surface area contributed by atoms with Crippen LogP contribution in [0.3, 0.4) is 0 Å². The van der Waals surface area contributed by atoms with Gasteiger partial charge in [-0.3, -0.25) is 4.79 Å². The van der Waals surface area contributed by atoms with Crippen LogP contribution in [-0.4, -0.2) is 28.4 Å². The predicted octanol–water partition coefficient (Wildman–Crippen LogP) is 1.79. The molecule has 0 aromatic carbocycles. The first kappa shape index (κ1) is 12.3. The molecule has 4 bridgehead atoms. The van der Waals surface area contributed by atoms with Gasteiger partial charge < -0.3 is 14.6 Å². The molecule has 4 aliphatic rings. The predicted molar refractivity (Wildman–Crippen MR) is 58.1 cm³/mol. The first-order valence-electron chi connectivity index (χ1n) is 6.23. The Balaban J connectivity index is 1.99. The molecule has 4 saturated heterocycles. The lowest BCUT2D eigenvalue weighted by Crippen LogP contribution is -2.70. The minimum atomic E-state index is -0.942. The van der Waals surface area contributed by atoms with Crippen LogP contribution in [0.15, 0.2) is 0 Å². The Morgan fingerprint density at radius 2 is 1.67 bits per heavy atom. The molecule has 0 saturated carbocycles. The third kappa shape index (κ3) is 1.29. The van der Waals surface area contributed by atoms with Gasteiger partial charge >= 0.3 is 5.97 Å². The van der Waals surface area contributed by atoms with Crippen LogP contribution >= 0.6 is 0 Å². The molecule has 0 aliphatic carbocycles. The fraction of sp³-hybridized carbons (Fsp3) is 0.917. The molecular formula is C12H18O6. The number of carboxylic acids is 1. The van der Waals surface area contributed by atoms with Crippen LogP contribution in [-0.2, 0) is 24.0 Å². The molecule has 0 radical (unpaired) electrons. The lowest BCUT2D eigenvalue weighted by atomic mass is 9.63. The molecule has 0 spiro atoms. The number of rotatable bonds is 3. The highest BCUT2D eigenvalue weighted by Crippen LogP contribution is 2.68. The quantitative estimate of drug-likeness (QED) is 0.778. The van der Waals surface area contributed by atoms with E-state index in [1.54, 1.807) is 13.8 Å². The van der Waals surface area contributed by atoms with Gasteiger partial charge in [0.2, 0.25) is 11.6 Å². The van der Waals surface area contributed by atoms with E-state index < -0.39 is 28.7 Å². The van der Waals surface area contributed by atoms with Crippen LogP contribution < -0.4 is 0 Å². The van der Waals surface area contributed by atoms with Crippen molar-refractivity contribution in [2.24, 2.45) is 5.41 Å². The Bertz CT molecular complexity index is 387. The normalized spacial score (nSPS) is 53.7. The SMILES string of the molecule is CC12CCC3(CCC(=O)O)[C@@](C)(OO[C@]3(C)O1)O2. The van der Waals surface area contributed by atoms with E-state index in [0.29, 0.717) is 12.8 Å². The fourth-order valence-electron chi connectivity index (χ4n) is 3.70. The summed E-state index contributed by atoms with van der Waals surface area (Å²) >= 11 is 0. The Labute approximate surface area is 105 Å². The lowest BCUT2D eigenvalue weighted by Gasteiger charge is -2.60. The fourth-order valence-corrected chi connectivity index (χ4v) is 3.70. The van der Waals surface area contributed by atoms with Gasteiger partial charge in [0.25, 0.3) is 0 Å². The van der Waals surface area contributed by atoms with Crippen LogP contribution in [0.5, 0.6) is 0 Å². The first-order valence-corrected chi connectivity index (χ1v) is 6.23. The molecule has 2 unspecified atom stereocenters. The highest BCUT2D eigenvalue weighted by Gasteiger charge is 2.78. The first-order chi connectivity index (χ1) is 8.24. The molecule has 4 fully saturated rings. The van der Waals surface area contributed by atoms with Gasteiger partial charge in [0.15, 0.2) is 5.79 Å². The zero-order valence-corrected chi connectivity index (χ0v) is 10.8. The Kier molecular flexibility index (Phi) is 2.23. The van der Waals surface area contributed by atoms with E-state index in [-0.39, 0.29) is 6.42 Å². The minimum absolute atomic E-state index is 0.0430. The van der Waals surface area contributed by atoms with Crippen LogP contribution in [0.2, 0.25) is 0 Å². The standard InChI is InChI=1S/C12H18O6/c1-9-6-7-12(5-4-8(13)14)10(2,15-9)17-18-11(12,3)16-9/h4-7H2,1-3H3,(H,13,14)/t9?,10-,11+,12?. The Morgan fingerprint density at radius 1 is 1.11 bits per heavy atom. The van der Waals surface area contributed by atoms with E-state index in [1.165, 1.54) is 0 Å². The van der Waals surface area contributed by atoms with Gasteiger partial charge in [-0.25, -0.2) is 0 Å². The van der Waals surface area contributed by atoms with Crippen LogP contribution in [0, 0.1) is 5.41 Å². The number of fused-ring (bicyclic) bond motifs is 1. The molecule has 4 rings (SSSR count). The topological polar surface area (TPSA) is 74.2 Å². The zero-order valence-electron chi connectivity index (χ0n) is 10.8. The van der Waals surface area contributed by atoms with Crippen molar-refractivity contribution in [1.29, 1.82) is 0 Å². The summed E-state index contributed by atoms with van der Waals surface area (Å²) in [5.41, 5.74) is -0.573. The van der Waals surface area contributed by atoms with E-state index in [1.807, 2.05) is 6.92 Å². The number of hydrogen-bond donors (Lipinski definition) is 1. The molecule has 4 atom stereocenters. The Morgan fingerprint density at radius 3 is 2.17 bits per heavy atom. The van der Waals surface area contributed by atoms with Crippen LogP contribution in [0.4, 0.5) is 0 Å². The van der Waals surface area contributed by atoms with E-state index in [4.69, 9.17) is 24.4 Å². The molecule has 0 amide bonds. The van der Waals surface area contributed by atoms with E-state index in [0.717, 1.165) is 6.42 Å². The molecule has 18 heavy (non-hydrogen) atoms. The lowest BCUT2D eigenvalue weighted by molar-refractivity contribution is -0.455. The second kappa shape index (κ2) is 3.25. The maximum atomic E-state index is 10.9. The smallest absolute Gasteiger partial charge is 0.303 e. The molecule has 4 heterocycles. The molecule has 1 N–H and O–H groups in total. The maximum absolute atomic E-state index is 10.9. The van der Waals surface area contributed by atoms with E-state index in [2.05, 4.69) is 0 Å². The summed E-state index contributed by atoms with van der Waals surface area (Å²) in [6, 6.07) is 0. The molecule has 102 valence electrons. The second-order valence-electron chi connectivity index (χ2n) is 5.87. The number of carbonyl (C=O) groups is 1. The monoisotopic (exact) mass is 258 g/mol. The highest BCUT2D eigenvalue weighted by molar-refractivity contribution is 5.66. The van der Waals surface area contributed by atoms with Crippen LogP contribution in [0.1, 0.15) is 46.5 Å². The van der Waals surface area contributed by atoms with Crippen molar-refractivity contribution in [2.75, 3.05) is 0 Å². The number of hydrogen-bond acceptors (Lipinski definition) is 5. The third-order valence-electron chi connectivity index (χ3n) is 4.69. The molecule has 6 nitrogen and oxygen atoms in total. The second-order valence-corrected chi connectivity index (χ2v) is 5.87. The zero-order chi connectivity index (χ0) is 13.2. The molecule has 4 aliphatic heterocycles. The maximum Gasteiger partial charge on any atom is 0.303 e. The van der Waals surface area contributed by atoms with Gasteiger partial charge in [0.1, 0.15) is 0 Å². The summed E-state index contributed by atoms with van der Waals surface area (Å²) in [5.74, 6) is -3.44. The van der Waals surface area contributed by atoms with Crippen LogP contribution in [0.25, 0.3) is 0 Å². The number of aliphatic carboxylic acids is 1. The Hall–Kier alpha value is -0.690. The molecule has 0 aromatic heterocycles. The number of ether oxygens (including phenoxy) is 2. The van der Waals surface area contributed by atoms with Crippen molar-refractivity contribution in [3.05, 3.63) is 0 Å². The van der Waals surface area contributed by atoms with Crippen molar-refractivity contribution in [1.82, 2.24) is 0 Å². The van der Waals surface area contributed by atoms with Gasteiger partial charge in [0.05, 0.1) is 5.41 Å². The summed E-state index contributed by atoms with van der Waals surface area (Å²) in [6.45, 7) is 5.47. The van der Waals surface area contributed by atoms with Gasteiger partial charge in [-0.1, -0.05) is 0 Å². The van der Waals surface area contributed by atoms with Crippen molar-refractivity contribution in [2.45, 2.75) is 63.8 Å². The van der Waals surface area contributed by atoms with Gasteiger partial charge in [-0.2, -0.15) is 9.78 Å². The summed E-state index contributed by atoms with van der Waals surface area (Å²) in [6.07, 6.45) is 1.93. The third-order valence-corrected chi connectivity index (χ3v) is 4.69. The summed E-state index contributed by atoms with van der Waals surface area (Å²) < 4.78 is 11.8. The molecule has 0 aromatic rings. The van der Waals surface area contributed by atoms with Crippen molar-refractivity contribution < 1.29 is 29.1 Å². The van der Waals surface area contributed by atoms with Gasteiger partial charge in [0, 0.05) is 12.8 Å². The average molecular weight is 258 g/mol. The molecular weight excluding hydrogens is 240 g/mol. The highest BCUT2D eigenvalue weighted by atomic mass is 17.3. The van der Waals surface area contributed by atoms with Crippen molar-refractivity contribution in [3.8, 4) is 0 Å². The van der Waals surface area contributed by atoms with Gasteiger partial charge in [-0.05, 0) is 33.6 Å². The summed E-state index contributed by atoms with van der Waals surface area (Å²) in [5, 5.41) is 8.92. The number of carboxylic acid groups (broad SMARTS) is 1. The average Bonchev–Trinajstić information content (AvgIpc) is 2.38.